The van der Waals surface area contributed by atoms with Gasteiger partial charge in [-0.05, 0) is 55.3 Å². The van der Waals surface area contributed by atoms with Crippen molar-refractivity contribution >= 4 is 17.7 Å². The summed E-state index contributed by atoms with van der Waals surface area (Å²) in [6.45, 7) is 3.92. The van der Waals surface area contributed by atoms with E-state index in [9.17, 15) is 10.1 Å². The number of amides is 1. The van der Waals surface area contributed by atoms with Crippen molar-refractivity contribution in [3.05, 3.63) is 64.7 Å². The zero-order valence-electron chi connectivity index (χ0n) is 13.4. The van der Waals surface area contributed by atoms with Crippen LogP contribution in [-0.4, -0.2) is 13.0 Å². The fraction of sp³-hybridized carbons (Fsp3) is 0.158. The smallest absolute Gasteiger partial charge is 0.266 e. The zero-order chi connectivity index (χ0) is 16.8. The maximum atomic E-state index is 12.3. The van der Waals surface area contributed by atoms with Crippen LogP contribution in [0.5, 0.6) is 5.75 Å². The quantitative estimate of drug-likeness (QED) is 0.689. The van der Waals surface area contributed by atoms with Crippen LogP contribution in [0.4, 0.5) is 5.69 Å². The molecule has 116 valence electrons. The predicted octanol–water partition coefficient (Wildman–Crippen LogP) is 3.86. The molecule has 2 rings (SSSR count). The van der Waals surface area contributed by atoms with E-state index in [0.29, 0.717) is 11.4 Å². The SMILES string of the molecule is COc1ccc(NC(=O)/C(C#N)=C/c2cc(C)ccc2C)cc1. The lowest BCUT2D eigenvalue weighted by atomic mass is 10.0. The van der Waals surface area contributed by atoms with Crippen LogP contribution in [0.15, 0.2) is 48.0 Å². The fourth-order valence-electron chi connectivity index (χ4n) is 2.09. The van der Waals surface area contributed by atoms with Crippen molar-refractivity contribution in [3.63, 3.8) is 0 Å². The molecule has 4 nitrogen and oxygen atoms in total. The molecule has 23 heavy (non-hydrogen) atoms. The molecule has 0 aliphatic rings. The van der Waals surface area contributed by atoms with Crippen molar-refractivity contribution in [2.75, 3.05) is 12.4 Å². The molecule has 0 aliphatic carbocycles. The van der Waals surface area contributed by atoms with Gasteiger partial charge < -0.3 is 10.1 Å². The number of methoxy groups -OCH3 is 1. The Morgan fingerprint density at radius 1 is 1.17 bits per heavy atom. The number of aryl methyl sites for hydroxylation is 2. The van der Waals surface area contributed by atoms with E-state index in [4.69, 9.17) is 4.74 Å². The number of nitriles is 1. The molecule has 0 spiro atoms. The molecule has 4 heteroatoms. The van der Waals surface area contributed by atoms with Crippen LogP contribution >= 0.6 is 0 Å². The molecule has 0 radical (unpaired) electrons. The maximum Gasteiger partial charge on any atom is 0.266 e. The van der Waals surface area contributed by atoms with Crippen LogP contribution in [0, 0.1) is 25.2 Å². The molecule has 0 fully saturated rings. The first kappa shape index (κ1) is 16.3. The van der Waals surface area contributed by atoms with Crippen LogP contribution in [0.1, 0.15) is 16.7 Å². The third kappa shape index (κ3) is 4.21. The Kier molecular flexibility index (Phi) is 5.16. The largest absolute Gasteiger partial charge is 0.497 e. The van der Waals surface area contributed by atoms with Crippen molar-refractivity contribution < 1.29 is 9.53 Å². The predicted molar refractivity (Wildman–Crippen MR) is 91.1 cm³/mol. The number of carbonyl (C=O) groups is 1. The van der Waals surface area contributed by atoms with E-state index in [1.54, 1.807) is 37.5 Å². The van der Waals surface area contributed by atoms with E-state index < -0.39 is 5.91 Å². The average Bonchev–Trinajstić information content (AvgIpc) is 2.56. The Labute approximate surface area is 136 Å². The number of hydrogen-bond acceptors (Lipinski definition) is 3. The number of rotatable bonds is 4. The molecule has 0 saturated carbocycles. The number of benzene rings is 2. The molecule has 1 N–H and O–H groups in total. The van der Waals surface area contributed by atoms with E-state index in [0.717, 1.165) is 16.7 Å². The van der Waals surface area contributed by atoms with Crippen LogP contribution < -0.4 is 10.1 Å². The summed E-state index contributed by atoms with van der Waals surface area (Å²) in [4.78, 5) is 12.3. The minimum atomic E-state index is -0.432. The van der Waals surface area contributed by atoms with E-state index in [-0.39, 0.29) is 5.57 Å². The third-order valence-electron chi connectivity index (χ3n) is 3.45. The Balaban J connectivity index is 2.22. The van der Waals surface area contributed by atoms with Gasteiger partial charge in [0.15, 0.2) is 0 Å². The fourth-order valence-corrected chi connectivity index (χ4v) is 2.09. The van der Waals surface area contributed by atoms with Crippen molar-refractivity contribution in [2.45, 2.75) is 13.8 Å². The second-order valence-electron chi connectivity index (χ2n) is 5.21. The van der Waals surface area contributed by atoms with Crippen LogP contribution in [0.25, 0.3) is 6.08 Å². The van der Waals surface area contributed by atoms with Gasteiger partial charge >= 0.3 is 0 Å². The Morgan fingerprint density at radius 2 is 1.87 bits per heavy atom. The molecule has 0 saturated heterocycles. The molecule has 0 unspecified atom stereocenters. The summed E-state index contributed by atoms with van der Waals surface area (Å²) in [5, 5.41) is 12.0. The first-order valence-corrected chi connectivity index (χ1v) is 7.18. The molecule has 2 aromatic carbocycles. The number of anilines is 1. The Hall–Kier alpha value is -3.06. The number of ether oxygens (including phenoxy) is 1. The number of nitrogens with zero attached hydrogens (tertiary/aromatic N) is 1. The van der Waals surface area contributed by atoms with Crippen molar-refractivity contribution in [1.82, 2.24) is 0 Å². The number of carbonyl (C=O) groups excluding carboxylic acids is 1. The zero-order valence-corrected chi connectivity index (χ0v) is 13.4. The summed E-state index contributed by atoms with van der Waals surface area (Å²) in [6, 6.07) is 14.8. The summed E-state index contributed by atoms with van der Waals surface area (Å²) in [7, 11) is 1.58. The van der Waals surface area contributed by atoms with Crippen molar-refractivity contribution in [1.29, 1.82) is 5.26 Å². The normalized spacial score (nSPS) is 10.8. The highest BCUT2D eigenvalue weighted by Crippen LogP contribution is 2.18. The third-order valence-corrected chi connectivity index (χ3v) is 3.45. The van der Waals surface area contributed by atoms with Gasteiger partial charge in [0.1, 0.15) is 17.4 Å². The van der Waals surface area contributed by atoms with E-state index in [1.165, 1.54) is 0 Å². The second kappa shape index (κ2) is 7.28. The minimum absolute atomic E-state index is 0.0644. The van der Waals surface area contributed by atoms with Gasteiger partial charge in [0.2, 0.25) is 0 Å². The standard InChI is InChI=1S/C19H18N2O2/c1-13-4-5-14(2)15(10-13)11-16(12-20)19(22)21-17-6-8-18(23-3)9-7-17/h4-11H,1-3H3,(H,21,22)/b16-11+. The number of nitrogens with one attached hydrogen (secondary N) is 1. The van der Waals surface area contributed by atoms with Crippen LogP contribution in [0.2, 0.25) is 0 Å². The van der Waals surface area contributed by atoms with Gasteiger partial charge in [0, 0.05) is 5.69 Å². The lowest BCUT2D eigenvalue weighted by Crippen LogP contribution is -2.13. The highest BCUT2D eigenvalue weighted by Gasteiger charge is 2.10. The molecule has 0 atom stereocenters. The van der Waals surface area contributed by atoms with Crippen LogP contribution in [0.3, 0.4) is 0 Å². The Bertz CT molecular complexity index is 784. The van der Waals surface area contributed by atoms with Gasteiger partial charge in [0.25, 0.3) is 5.91 Å². The van der Waals surface area contributed by atoms with Crippen molar-refractivity contribution in [2.24, 2.45) is 0 Å². The summed E-state index contributed by atoms with van der Waals surface area (Å²) in [5.41, 5.74) is 3.63. The maximum absolute atomic E-state index is 12.3. The molecular formula is C19H18N2O2. The van der Waals surface area contributed by atoms with Crippen molar-refractivity contribution in [3.8, 4) is 11.8 Å². The topological polar surface area (TPSA) is 62.1 Å². The van der Waals surface area contributed by atoms with Gasteiger partial charge in [-0.3, -0.25) is 4.79 Å². The highest BCUT2D eigenvalue weighted by atomic mass is 16.5. The minimum Gasteiger partial charge on any atom is -0.497 e. The molecule has 1 amide bonds. The van der Waals surface area contributed by atoms with Gasteiger partial charge in [-0.15, -0.1) is 0 Å². The van der Waals surface area contributed by atoms with Crippen LogP contribution in [-0.2, 0) is 4.79 Å². The summed E-state index contributed by atoms with van der Waals surface area (Å²) >= 11 is 0. The van der Waals surface area contributed by atoms with E-state index >= 15 is 0 Å². The summed E-state index contributed by atoms with van der Waals surface area (Å²) in [5.74, 6) is 0.271. The second-order valence-corrected chi connectivity index (χ2v) is 5.21. The van der Waals surface area contributed by atoms with Gasteiger partial charge in [-0.1, -0.05) is 23.8 Å². The van der Waals surface area contributed by atoms with Gasteiger partial charge in [0.05, 0.1) is 7.11 Å². The lowest BCUT2D eigenvalue weighted by molar-refractivity contribution is -0.112. The average molecular weight is 306 g/mol. The molecular weight excluding hydrogens is 288 g/mol. The summed E-state index contributed by atoms with van der Waals surface area (Å²) < 4.78 is 5.07. The van der Waals surface area contributed by atoms with Gasteiger partial charge in [-0.25, -0.2) is 0 Å². The molecule has 0 aliphatic heterocycles. The lowest BCUT2D eigenvalue weighted by Gasteiger charge is -2.07. The first-order chi connectivity index (χ1) is 11.0. The number of hydrogen-bond donors (Lipinski definition) is 1. The van der Waals surface area contributed by atoms with E-state index in [2.05, 4.69) is 5.32 Å². The Morgan fingerprint density at radius 3 is 2.48 bits per heavy atom. The molecule has 0 aromatic heterocycles. The molecule has 2 aromatic rings. The molecule has 0 bridgehead atoms. The van der Waals surface area contributed by atoms with Gasteiger partial charge in [-0.2, -0.15) is 5.26 Å². The summed E-state index contributed by atoms with van der Waals surface area (Å²) in [6.07, 6.45) is 1.61. The van der Waals surface area contributed by atoms with E-state index in [1.807, 2.05) is 38.1 Å². The first-order valence-electron chi connectivity index (χ1n) is 7.18. The molecule has 0 heterocycles. The highest BCUT2D eigenvalue weighted by molar-refractivity contribution is 6.09. The monoisotopic (exact) mass is 306 g/mol.